The molecule has 1 N–H and O–H groups in total. The van der Waals surface area contributed by atoms with Crippen LogP contribution in [0.3, 0.4) is 0 Å². The zero-order valence-corrected chi connectivity index (χ0v) is 18.3. The molecule has 0 aliphatic carbocycles. The Labute approximate surface area is 170 Å². The Morgan fingerprint density at radius 2 is 1.89 bits per heavy atom. The van der Waals surface area contributed by atoms with Crippen LogP contribution in [0.15, 0.2) is 29.2 Å². The third-order valence-corrected chi connectivity index (χ3v) is 5.98. The second-order valence-corrected chi connectivity index (χ2v) is 10.5. The van der Waals surface area contributed by atoms with E-state index in [0.717, 1.165) is 29.6 Å². The molecule has 1 saturated heterocycles. The SMILES string of the molecule is CC(C)(C=O)Cc1cccc(S(=O)N2CCC(NC(=O)OC(C)(C)C)CC2)c1. The highest BCUT2D eigenvalue weighted by atomic mass is 32.2. The molecule has 1 aromatic rings. The van der Waals surface area contributed by atoms with Crippen molar-refractivity contribution in [3.8, 4) is 0 Å². The predicted octanol–water partition coefficient (Wildman–Crippen LogP) is 3.47. The largest absolute Gasteiger partial charge is 0.444 e. The van der Waals surface area contributed by atoms with Crippen molar-refractivity contribution in [2.75, 3.05) is 13.1 Å². The quantitative estimate of drug-likeness (QED) is 0.732. The highest BCUT2D eigenvalue weighted by molar-refractivity contribution is 7.82. The number of hydrogen-bond donors (Lipinski definition) is 1. The maximum Gasteiger partial charge on any atom is 0.407 e. The van der Waals surface area contributed by atoms with Crippen LogP contribution in [-0.4, -0.2) is 45.6 Å². The molecule has 1 unspecified atom stereocenters. The molecule has 1 aliphatic heterocycles. The third-order valence-electron chi connectivity index (χ3n) is 4.49. The molecule has 1 fully saturated rings. The first-order chi connectivity index (χ1) is 13.0. The van der Waals surface area contributed by atoms with Gasteiger partial charge in [0.25, 0.3) is 0 Å². The molecule has 1 heterocycles. The van der Waals surface area contributed by atoms with Crippen molar-refractivity contribution >= 4 is 23.4 Å². The van der Waals surface area contributed by atoms with Gasteiger partial charge >= 0.3 is 6.09 Å². The molecular formula is C21H32N2O4S. The zero-order valence-electron chi connectivity index (χ0n) is 17.5. The smallest absolute Gasteiger partial charge is 0.407 e. The number of hydrogen-bond acceptors (Lipinski definition) is 4. The molecule has 0 bridgehead atoms. The Morgan fingerprint density at radius 3 is 2.46 bits per heavy atom. The van der Waals surface area contributed by atoms with E-state index in [0.29, 0.717) is 19.5 Å². The first-order valence-corrected chi connectivity index (χ1v) is 10.8. The van der Waals surface area contributed by atoms with Gasteiger partial charge < -0.3 is 14.8 Å². The summed E-state index contributed by atoms with van der Waals surface area (Å²) in [6, 6.07) is 7.66. The van der Waals surface area contributed by atoms with Crippen molar-refractivity contribution in [3.63, 3.8) is 0 Å². The monoisotopic (exact) mass is 408 g/mol. The summed E-state index contributed by atoms with van der Waals surface area (Å²) in [4.78, 5) is 23.8. The molecule has 0 saturated carbocycles. The third kappa shape index (κ3) is 7.02. The number of benzene rings is 1. The van der Waals surface area contributed by atoms with Gasteiger partial charge in [-0.05, 0) is 57.7 Å². The van der Waals surface area contributed by atoms with E-state index in [1.807, 2.05) is 63.2 Å². The van der Waals surface area contributed by atoms with Gasteiger partial charge in [-0.25, -0.2) is 13.3 Å². The van der Waals surface area contributed by atoms with E-state index in [9.17, 15) is 13.8 Å². The molecular weight excluding hydrogens is 376 g/mol. The maximum absolute atomic E-state index is 13.0. The Hall–Kier alpha value is -1.73. The summed E-state index contributed by atoms with van der Waals surface area (Å²) in [6.45, 7) is 10.6. The molecule has 1 atom stereocenters. The molecule has 0 aromatic heterocycles. The minimum atomic E-state index is -1.25. The molecule has 1 amide bonds. The number of nitrogens with one attached hydrogen (secondary N) is 1. The second-order valence-electron chi connectivity index (χ2n) is 9.03. The average molecular weight is 409 g/mol. The minimum absolute atomic E-state index is 0.0304. The molecule has 1 aromatic carbocycles. The number of carbonyl (C=O) groups is 2. The molecule has 7 heteroatoms. The number of carbonyl (C=O) groups excluding carboxylic acids is 2. The lowest BCUT2D eigenvalue weighted by Gasteiger charge is -2.32. The number of aldehydes is 1. The van der Waals surface area contributed by atoms with Gasteiger partial charge in [0.1, 0.15) is 22.9 Å². The maximum atomic E-state index is 13.0. The summed E-state index contributed by atoms with van der Waals surface area (Å²) >= 11 is 0. The lowest BCUT2D eigenvalue weighted by molar-refractivity contribution is -0.114. The Bertz CT molecular complexity index is 719. The molecule has 2 rings (SSSR count). The normalized spacial score (nSPS) is 17.8. The lowest BCUT2D eigenvalue weighted by Crippen LogP contribution is -2.46. The van der Waals surface area contributed by atoms with Crippen LogP contribution in [0.4, 0.5) is 4.79 Å². The van der Waals surface area contributed by atoms with E-state index in [1.165, 1.54) is 0 Å². The zero-order chi connectivity index (χ0) is 20.9. The van der Waals surface area contributed by atoms with Crippen LogP contribution in [0.5, 0.6) is 0 Å². The van der Waals surface area contributed by atoms with Crippen molar-refractivity contribution in [1.29, 1.82) is 0 Å². The van der Waals surface area contributed by atoms with Gasteiger partial charge in [0.15, 0.2) is 0 Å². The Balaban J connectivity index is 1.91. The van der Waals surface area contributed by atoms with Gasteiger partial charge in [0.05, 0.1) is 4.90 Å². The average Bonchev–Trinajstić information content (AvgIpc) is 2.60. The topological polar surface area (TPSA) is 75.7 Å². The molecule has 28 heavy (non-hydrogen) atoms. The lowest BCUT2D eigenvalue weighted by atomic mass is 9.87. The minimum Gasteiger partial charge on any atom is -0.444 e. The number of rotatable bonds is 6. The van der Waals surface area contributed by atoms with Crippen molar-refractivity contribution in [2.45, 2.75) is 70.4 Å². The van der Waals surface area contributed by atoms with E-state index in [2.05, 4.69) is 5.32 Å². The van der Waals surface area contributed by atoms with E-state index in [-0.39, 0.29) is 6.04 Å². The summed E-state index contributed by atoms with van der Waals surface area (Å²) in [7, 11) is -1.25. The summed E-state index contributed by atoms with van der Waals surface area (Å²) in [5.41, 5.74) is 0.0473. The second kappa shape index (κ2) is 9.18. The highest BCUT2D eigenvalue weighted by Gasteiger charge is 2.27. The number of piperidine rings is 1. The van der Waals surface area contributed by atoms with E-state index >= 15 is 0 Å². The van der Waals surface area contributed by atoms with Gasteiger partial charge in [-0.1, -0.05) is 26.0 Å². The summed E-state index contributed by atoms with van der Waals surface area (Å²) in [5.74, 6) is 0. The van der Waals surface area contributed by atoms with Crippen molar-refractivity contribution in [2.24, 2.45) is 5.41 Å². The first kappa shape index (κ1) is 22.6. The number of amides is 1. The first-order valence-electron chi connectivity index (χ1n) is 9.71. The van der Waals surface area contributed by atoms with Crippen LogP contribution in [0, 0.1) is 5.41 Å². The van der Waals surface area contributed by atoms with Crippen molar-refractivity contribution in [3.05, 3.63) is 29.8 Å². The van der Waals surface area contributed by atoms with E-state index < -0.39 is 28.1 Å². The van der Waals surface area contributed by atoms with Crippen LogP contribution in [0.2, 0.25) is 0 Å². The fourth-order valence-electron chi connectivity index (χ4n) is 3.12. The van der Waals surface area contributed by atoms with Gasteiger partial charge in [0, 0.05) is 24.5 Å². The van der Waals surface area contributed by atoms with Gasteiger partial charge in [-0.15, -0.1) is 0 Å². The summed E-state index contributed by atoms with van der Waals surface area (Å²) in [6.07, 6.45) is 2.62. The van der Waals surface area contributed by atoms with Crippen LogP contribution in [-0.2, 0) is 26.9 Å². The molecule has 0 radical (unpaired) electrons. The highest BCUT2D eigenvalue weighted by Crippen LogP contribution is 2.23. The Kier molecular flexibility index (Phi) is 7.39. The van der Waals surface area contributed by atoms with E-state index in [1.54, 1.807) is 0 Å². The predicted molar refractivity (Wildman–Crippen MR) is 110 cm³/mol. The number of alkyl carbamates (subject to hydrolysis) is 1. The molecule has 1 aliphatic rings. The standard InChI is InChI=1S/C21H32N2O4S/c1-20(2,3)27-19(25)22-17-9-11-23(12-10-17)28(26)18-8-6-7-16(13-18)14-21(4,5)15-24/h6-8,13,15,17H,9-12,14H2,1-5H3,(H,22,25). The number of nitrogens with zero attached hydrogens (tertiary/aromatic N) is 1. The summed E-state index contributed by atoms with van der Waals surface area (Å²) in [5, 5.41) is 2.90. The molecule has 156 valence electrons. The van der Waals surface area contributed by atoms with Gasteiger partial charge in [-0.2, -0.15) is 0 Å². The fraction of sp³-hybridized carbons (Fsp3) is 0.619. The fourth-order valence-corrected chi connectivity index (χ4v) is 4.41. The van der Waals surface area contributed by atoms with Crippen LogP contribution < -0.4 is 5.32 Å². The number of ether oxygens (including phenoxy) is 1. The van der Waals surface area contributed by atoms with Crippen LogP contribution in [0.1, 0.15) is 53.0 Å². The van der Waals surface area contributed by atoms with E-state index in [4.69, 9.17) is 4.74 Å². The molecule has 6 nitrogen and oxygen atoms in total. The van der Waals surface area contributed by atoms with Crippen molar-refractivity contribution in [1.82, 2.24) is 9.62 Å². The van der Waals surface area contributed by atoms with Gasteiger partial charge in [-0.3, -0.25) is 0 Å². The molecule has 0 spiro atoms. The van der Waals surface area contributed by atoms with Crippen LogP contribution in [0.25, 0.3) is 0 Å². The summed E-state index contributed by atoms with van der Waals surface area (Å²) < 4.78 is 20.2. The van der Waals surface area contributed by atoms with Crippen LogP contribution >= 0.6 is 0 Å². The Morgan fingerprint density at radius 1 is 1.25 bits per heavy atom. The van der Waals surface area contributed by atoms with Crippen molar-refractivity contribution < 1.29 is 18.5 Å². The van der Waals surface area contributed by atoms with Gasteiger partial charge in [0.2, 0.25) is 0 Å².